The van der Waals surface area contributed by atoms with Crippen LogP contribution in [0, 0.1) is 0 Å². The zero-order chi connectivity index (χ0) is 10.8. The van der Waals surface area contributed by atoms with Crippen molar-refractivity contribution in [1.82, 2.24) is 4.90 Å². The fourth-order valence-corrected chi connectivity index (χ4v) is 2.26. The molecular formula is C13H19NO. The smallest absolute Gasteiger partial charge is 0.0685 e. The molecule has 0 saturated heterocycles. The summed E-state index contributed by atoms with van der Waals surface area (Å²) in [5.74, 6) is 0. The van der Waals surface area contributed by atoms with Gasteiger partial charge in [-0.3, -0.25) is 4.90 Å². The van der Waals surface area contributed by atoms with Crippen LogP contribution in [0.15, 0.2) is 18.2 Å². The molecule has 1 aliphatic rings. The molecule has 1 aromatic rings. The minimum absolute atomic E-state index is 0.162. The molecule has 0 aliphatic carbocycles. The zero-order valence-corrected chi connectivity index (χ0v) is 9.53. The predicted molar refractivity (Wildman–Crippen MR) is 61.6 cm³/mol. The highest BCUT2D eigenvalue weighted by Crippen LogP contribution is 2.23. The van der Waals surface area contributed by atoms with Gasteiger partial charge in [0.25, 0.3) is 0 Å². The van der Waals surface area contributed by atoms with Crippen LogP contribution < -0.4 is 0 Å². The second-order valence-electron chi connectivity index (χ2n) is 4.53. The van der Waals surface area contributed by atoms with Gasteiger partial charge in [0.05, 0.1) is 6.61 Å². The Morgan fingerprint density at radius 1 is 1.40 bits per heavy atom. The molecule has 1 aromatic carbocycles. The van der Waals surface area contributed by atoms with E-state index in [1.807, 2.05) is 6.07 Å². The summed E-state index contributed by atoms with van der Waals surface area (Å²) in [4.78, 5) is 2.46. The van der Waals surface area contributed by atoms with E-state index in [9.17, 15) is 5.11 Å². The van der Waals surface area contributed by atoms with E-state index in [1.54, 1.807) is 0 Å². The summed E-state index contributed by atoms with van der Waals surface area (Å²) in [6.07, 6.45) is 1.11. The summed E-state index contributed by atoms with van der Waals surface area (Å²) >= 11 is 0. The Morgan fingerprint density at radius 2 is 2.20 bits per heavy atom. The Morgan fingerprint density at radius 3 is 2.87 bits per heavy atom. The Kier molecular flexibility index (Phi) is 3.08. The van der Waals surface area contributed by atoms with Crippen molar-refractivity contribution in [2.24, 2.45) is 0 Å². The second-order valence-corrected chi connectivity index (χ2v) is 4.53. The maximum atomic E-state index is 9.30. The lowest BCUT2D eigenvalue weighted by atomic mass is 9.94. The fraction of sp³-hybridized carbons (Fsp3) is 0.538. The van der Waals surface area contributed by atoms with Crippen molar-refractivity contribution < 1.29 is 5.11 Å². The van der Waals surface area contributed by atoms with Crippen molar-refractivity contribution in [2.45, 2.75) is 39.5 Å². The maximum absolute atomic E-state index is 9.30. The second kappa shape index (κ2) is 4.33. The first-order chi connectivity index (χ1) is 7.22. The largest absolute Gasteiger partial charge is 0.392 e. The van der Waals surface area contributed by atoms with Gasteiger partial charge in [0, 0.05) is 19.1 Å². The van der Waals surface area contributed by atoms with Gasteiger partial charge in [-0.1, -0.05) is 18.2 Å². The van der Waals surface area contributed by atoms with Gasteiger partial charge in [-0.25, -0.2) is 0 Å². The van der Waals surface area contributed by atoms with Gasteiger partial charge in [-0.2, -0.15) is 0 Å². The third-order valence-corrected chi connectivity index (χ3v) is 3.30. The molecule has 0 unspecified atom stereocenters. The van der Waals surface area contributed by atoms with E-state index in [1.165, 1.54) is 11.1 Å². The van der Waals surface area contributed by atoms with Crippen molar-refractivity contribution in [2.75, 3.05) is 6.54 Å². The average Bonchev–Trinajstić information content (AvgIpc) is 2.27. The molecule has 82 valence electrons. The molecule has 0 atom stereocenters. The van der Waals surface area contributed by atoms with E-state index >= 15 is 0 Å². The zero-order valence-electron chi connectivity index (χ0n) is 9.53. The summed E-state index contributed by atoms with van der Waals surface area (Å²) in [6, 6.07) is 6.86. The molecule has 0 amide bonds. The van der Waals surface area contributed by atoms with Gasteiger partial charge in [0.2, 0.25) is 0 Å². The van der Waals surface area contributed by atoms with Crippen LogP contribution in [0.1, 0.15) is 30.5 Å². The molecule has 2 nitrogen and oxygen atoms in total. The van der Waals surface area contributed by atoms with Crippen LogP contribution in [0.3, 0.4) is 0 Å². The van der Waals surface area contributed by atoms with E-state index in [4.69, 9.17) is 0 Å². The number of rotatable bonds is 2. The van der Waals surface area contributed by atoms with Crippen LogP contribution >= 0.6 is 0 Å². The standard InChI is InChI=1S/C13H19NO/c1-10(2)14-7-6-11-4-3-5-12(9-15)13(11)8-14/h3-5,10,15H,6-9H2,1-2H3. The van der Waals surface area contributed by atoms with E-state index in [0.29, 0.717) is 6.04 Å². The summed E-state index contributed by atoms with van der Waals surface area (Å²) in [5, 5.41) is 9.30. The molecule has 1 N–H and O–H groups in total. The predicted octanol–water partition coefficient (Wildman–Crippen LogP) is 1.95. The first-order valence-corrected chi connectivity index (χ1v) is 5.67. The van der Waals surface area contributed by atoms with Gasteiger partial charge in [-0.15, -0.1) is 0 Å². The summed E-state index contributed by atoms with van der Waals surface area (Å²) in [7, 11) is 0. The molecule has 15 heavy (non-hydrogen) atoms. The normalized spacial score (nSPS) is 16.8. The van der Waals surface area contributed by atoms with Gasteiger partial charge < -0.3 is 5.11 Å². The number of hydrogen-bond donors (Lipinski definition) is 1. The molecule has 2 rings (SSSR count). The third kappa shape index (κ3) is 2.06. The monoisotopic (exact) mass is 205 g/mol. The van der Waals surface area contributed by atoms with Crippen LogP contribution in [-0.4, -0.2) is 22.6 Å². The minimum atomic E-state index is 0.162. The highest BCUT2D eigenvalue weighted by Gasteiger charge is 2.19. The van der Waals surface area contributed by atoms with Crippen LogP contribution in [0.2, 0.25) is 0 Å². The van der Waals surface area contributed by atoms with Gasteiger partial charge in [0.1, 0.15) is 0 Å². The highest BCUT2D eigenvalue weighted by atomic mass is 16.3. The van der Waals surface area contributed by atoms with Gasteiger partial charge >= 0.3 is 0 Å². The number of aliphatic hydroxyl groups is 1. The summed E-state index contributed by atoms with van der Waals surface area (Å²) in [6.45, 7) is 6.75. The molecule has 2 heteroatoms. The quantitative estimate of drug-likeness (QED) is 0.797. The first-order valence-electron chi connectivity index (χ1n) is 5.67. The maximum Gasteiger partial charge on any atom is 0.0685 e. The molecule has 0 aromatic heterocycles. The molecule has 0 radical (unpaired) electrons. The van der Waals surface area contributed by atoms with E-state index in [-0.39, 0.29) is 6.61 Å². The molecular weight excluding hydrogens is 186 g/mol. The lowest BCUT2D eigenvalue weighted by Crippen LogP contribution is -2.36. The summed E-state index contributed by atoms with van der Waals surface area (Å²) < 4.78 is 0. The summed E-state index contributed by atoms with van der Waals surface area (Å²) in [5.41, 5.74) is 3.86. The lowest BCUT2D eigenvalue weighted by molar-refractivity contribution is 0.199. The van der Waals surface area contributed by atoms with Crippen LogP contribution in [0.4, 0.5) is 0 Å². The lowest BCUT2D eigenvalue weighted by Gasteiger charge is -2.32. The molecule has 1 aliphatic heterocycles. The molecule has 1 heterocycles. The van der Waals surface area contributed by atoms with Crippen molar-refractivity contribution in [3.63, 3.8) is 0 Å². The van der Waals surface area contributed by atoms with Crippen molar-refractivity contribution in [3.8, 4) is 0 Å². The van der Waals surface area contributed by atoms with E-state index in [2.05, 4.69) is 30.9 Å². The molecule has 0 bridgehead atoms. The number of nitrogens with zero attached hydrogens (tertiary/aromatic N) is 1. The van der Waals surface area contributed by atoms with Crippen molar-refractivity contribution >= 4 is 0 Å². The van der Waals surface area contributed by atoms with Crippen molar-refractivity contribution in [3.05, 3.63) is 34.9 Å². The fourth-order valence-electron chi connectivity index (χ4n) is 2.26. The Balaban J connectivity index is 2.30. The number of hydrogen-bond acceptors (Lipinski definition) is 2. The van der Waals surface area contributed by atoms with Crippen LogP contribution in [-0.2, 0) is 19.6 Å². The molecule has 0 spiro atoms. The Labute approximate surface area is 91.5 Å². The Bertz CT molecular complexity index is 332. The number of benzene rings is 1. The highest BCUT2D eigenvalue weighted by molar-refractivity contribution is 5.36. The molecule has 0 fully saturated rings. The molecule has 0 saturated carbocycles. The average molecular weight is 205 g/mol. The Hall–Kier alpha value is -0.860. The van der Waals surface area contributed by atoms with Crippen LogP contribution in [0.25, 0.3) is 0 Å². The van der Waals surface area contributed by atoms with Gasteiger partial charge in [-0.05, 0) is 37.0 Å². The first kappa shape index (κ1) is 10.7. The topological polar surface area (TPSA) is 23.5 Å². The SMILES string of the molecule is CC(C)N1CCc2cccc(CO)c2C1. The number of fused-ring (bicyclic) bond motifs is 1. The number of aliphatic hydroxyl groups excluding tert-OH is 1. The van der Waals surface area contributed by atoms with E-state index in [0.717, 1.165) is 25.1 Å². The third-order valence-electron chi connectivity index (χ3n) is 3.30. The van der Waals surface area contributed by atoms with E-state index < -0.39 is 0 Å². The van der Waals surface area contributed by atoms with Crippen molar-refractivity contribution in [1.29, 1.82) is 0 Å². The van der Waals surface area contributed by atoms with Crippen LogP contribution in [0.5, 0.6) is 0 Å². The van der Waals surface area contributed by atoms with Gasteiger partial charge in [0.15, 0.2) is 0 Å². The minimum Gasteiger partial charge on any atom is -0.392 e.